The Labute approximate surface area is 186 Å². The third-order valence-corrected chi connectivity index (χ3v) is 6.57. The normalized spacial score (nSPS) is 19.1. The van der Waals surface area contributed by atoms with Gasteiger partial charge in [-0.05, 0) is 91.7 Å². The molecule has 0 amide bonds. The Morgan fingerprint density at radius 2 is 1.83 bits per heavy atom. The van der Waals surface area contributed by atoms with Crippen molar-refractivity contribution in [2.75, 3.05) is 0 Å². The fraction of sp³-hybridized carbons (Fsp3) is 0.304. The maximum absolute atomic E-state index is 5.74. The van der Waals surface area contributed by atoms with E-state index < -0.39 is 0 Å². The predicted octanol–water partition coefficient (Wildman–Crippen LogP) is 5.63. The molecule has 1 saturated heterocycles. The van der Waals surface area contributed by atoms with Crippen LogP contribution in [0.2, 0.25) is 0 Å². The average molecular weight is 469 g/mol. The molecule has 0 bridgehead atoms. The Balaban J connectivity index is 1.88. The third-order valence-electron chi connectivity index (χ3n) is 5.57. The molecule has 1 aromatic carbocycles. The SMILES string of the molecule is Cc1cc([C@@H]2[C@H](c3ccccn3)NC(=S)N2C(C)C)c(C)n1-c1ccccc1Br. The summed E-state index contributed by atoms with van der Waals surface area (Å²) in [6.45, 7) is 8.73. The molecule has 0 radical (unpaired) electrons. The molecule has 6 heteroatoms. The smallest absolute Gasteiger partial charge is 0.170 e. The summed E-state index contributed by atoms with van der Waals surface area (Å²) in [6, 6.07) is 17.1. The quantitative estimate of drug-likeness (QED) is 0.502. The number of benzene rings is 1. The van der Waals surface area contributed by atoms with Gasteiger partial charge >= 0.3 is 0 Å². The van der Waals surface area contributed by atoms with E-state index in [0.29, 0.717) is 0 Å². The molecule has 3 heterocycles. The highest BCUT2D eigenvalue weighted by Gasteiger charge is 2.42. The Kier molecular flexibility index (Phi) is 5.49. The molecule has 0 aliphatic carbocycles. The number of para-hydroxylation sites is 1. The number of halogens is 1. The second kappa shape index (κ2) is 7.92. The minimum Gasteiger partial charge on any atom is -0.352 e. The van der Waals surface area contributed by atoms with E-state index in [9.17, 15) is 0 Å². The molecule has 1 aliphatic heterocycles. The zero-order valence-electron chi connectivity index (χ0n) is 17.1. The van der Waals surface area contributed by atoms with E-state index >= 15 is 0 Å². The number of hydrogen-bond donors (Lipinski definition) is 1. The van der Waals surface area contributed by atoms with Gasteiger partial charge in [-0.15, -0.1) is 0 Å². The summed E-state index contributed by atoms with van der Waals surface area (Å²) in [6.07, 6.45) is 1.85. The summed E-state index contributed by atoms with van der Waals surface area (Å²) >= 11 is 9.45. The van der Waals surface area contributed by atoms with Crippen LogP contribution in [0.25, 0.3) is 5.69 Å². The monoisotopic (exact) mass is 468 g/mol. The van der Waals surface area contributed by atoms with E-state index in [1.807, 2.05) is 24.4 Å². The first-order chi connectivity index (χ1) is 13.9. The van der Waals surface area contributed by atoms with Gasteiger partial charge in [0.1, 0.15) is 0 Å². The highest BCUT2D eigenvalue weighted by Crippen LogP contribution is 2.42. The average Bonchev–Trinajstić information content (AvgIpc) is 3.19. The maximum Gasteiger partial charge on any atom is 0.170 e. The van der Waals surface area contributed by atoms with E-state index in [2.05, 4.69) is 93.7 Å². The molecule has 0 unspecified atom stereocenters. The van der Waals surface area contributed by atoms with Crippen molar-refractivity contribution < 1.29 is 0 Å². The molecular formula is C23H25BrN4S. The van der Waals surface area contributed by atoms with Crippen molar-refractivity contribution in [3.8, 4) is 5.69 Å². The number of hydrogen-bond acceptors (Lipinski definition) is 2. The van der Waals surface area contributed by atoms with Crippen LogP contribution in [0.4, 0.5) is 0 Å². The summed E-state index contributed by atoms with van der Waals surface area (Å²) < 4.78 is 3.39. The molecular weight excluding hydrogens is 444 g/mol. The highest BCUT2D eigenvalue weighted by atomic mass is 79.9. The number of nitrogens with one attached hydrogen (secondary N) is 1. The molecule has 0 spiro atoms. The van der Waals surface area contributed by atoms with Gasteiger partial charge in [0.05, 0.1) is 23.5 Å². The summed E-state index contributed by atoms with van der Waals surface area (Å²) in [5.74, 6) is 0. The molecule has 4 nitrogen and oxygen atoms in total. The van der Waals surface area contributed by atoms with Gasteiger partial charge in [-0.3, -0.25) is 4.98 Å². The molecule has 1 aliphatic rings. The van der Waals surface area contributed by atoms with Crippen LogP contribution >= 0.6 is 28.1 Å². The number of aryl methyl sites for hydroxylation is 1. The van der Waals surface area contributed by atoms with Gasteiger partial charge < -0.3 is 14.8 Å². The van der Waals surface area contributed by atoms with Crippen LogP contribution < -0.4 is 5.32 Å². The van der Waals surface area contributed by atoms with E-state index in [4.69, 9.17) is 12.2 Å². The number of rotatable bonds is 4. The topological polar surface area (TPSA) is 33.1 Å². The lowest BCUT2D eigenvalue weighted by molar-refractivity contribution is 0.269. The van der Waals surface area contributed by atoms with Crippen LogP contribution in [-0.2, 0) is 0 Å². The van der Waals surface area contributed by atoms with Gasteiger partial charge in [-0.25, -0.2) is 0 Å². The minimum absolute atomic E-state index is 0.0132. The summed E-state index contributed by atoms with van der Waals surface area (Å²) in [5, 5.41) is 4.32. The van der Waals surface area contributed by atoms with Crippen LogP contribution in [-0.4, -0.2) is 25.6 Å². The number of nitrogens with zero attached hydrogens (tertiary/aromatic N) is 3. The molecule has 2 atom stereocenters. The molecule has 1 fully saturated rings. The van der Waals surface area contributed by atoms with Gasteiger partial charge in [-0.2, -0.15) is 0 Å². The molecule has 2 aromatic heterocycles. The van der Waals surface area contributed by atoms with Gasteiger partial charge in [0.25, 0.3) is 0 Å². The zero-order chi connectivity index (χ0) is 20.7. The maximum atomic E-state index is 5.74. The molecule has 1 N–H and O–H groups in total. The third kappa shape index (κ3) is 3.49. The Bertz CT molecular complexity index is 1040. The minimum atomic E-state index is 0.0132. The first kappa shape index (κ1) is 20.1. The second-order valence-corrected chi connectivity index (χ2v) is 8.98. The van der Waals surface area contributed by atoms with Gasteiger partial charge in [0.2, 0.25) is 0 Å². The number of thiocarbonyl (C=S) groups is 1. The molecule has 150 valence electrons. The van der Waals surface area contributed by atoms with Crippen LogP contribution in [0.1, 0.15) is 48.6 Å². The molecule has 0 saturated carbocycles. The highest BCUT2D eigenvalue weighted by molar-refractivity contribution is 9.10. The Morgan fingerprint density at radius 1 is 1.10 bits per heavy atom. The van der Waals surface area contributed by atoms with E-state index in [0.717, 1.165) is 21.0 Å². The lowest BCUT2D eigenvalue weighted by atomic mass is 9.96. The van der Waals surface area contributed by atoms with Crippen LogP contribution in [0.3, 0.4) is 0 Å². The first-order valence-corrected chi connectivity index (χ1v) is 11.0. The lowest BCUT2D eigenvalue weighted by Crippen LogP contribution is -2.35. The van der Waals surface area contributed by atoms with E-state index in [-0.39, 0.29) is 18.1 Å². The van der Waals surface area contributed by atoms with Crippen molar-refractivity contribution >= 4 is 33.3 Å². The standard InChI is InChI=1S/C23H25BrN4S/c1-14(2)27-22(21(26-23(27)29)19-10-7-8-12-25-19)17-13-15(3)28(16(17)4)20-11-6-5-9-18(20)24/h5-14,21-22H,1-4H3,(H,26,29)/t21-,22+/m0/s1. The van der Waals surface area contributed by atoms with Crippen molar-refractivity contribution in [2.45, 2.75) is 45.8 Å². The summed E-state index contributed by atoms with van der Waals surface area (Å²) in [5.41, 5.74) is 5.85. The summed E-state index contributed by atoms with van der Waals surface area (Å²) in [7, 11) is 0. The Hall–Kier alpha value is -2.18. The fourth-order valence-electron chi connectivity index (χ4n) is 4.34. The number of pyridine rings is 1. The molecule has 3 aromatic rings. The van der Waals surface area contributed by atoms with Gasteiger partial charge in [0, 0.05) is 28.1 Å². The molecule has 29 heavy (non-hydrogen) atoms. The van der Waals surface area contributed by atoms with Crippen LogP contribution in [0.5, 0.6) is 0 Å². The van der Waals surface area contributed by atoms with Gasteiger partial charge in [-0.1, -0.05) is 18.2 Å². The van der Waals surface area contributed by atoms with Crippen LogP contribution in [0.15, 0.2) is 59.2 Å². The van der Waals surface area contributed by atoms with Crippen molar-refractivity contribution in [2.24, 2.45) is 0 Å². The van der Waals surface area contributed by atoms with Crippen molar-refractivity contribution in [1.82, 2.24) is 19.8 Å². The molecule has 4 rings (SSSR count). The van der Waals surface area contributed by atoms with Crippen molar-refractivity contribution in [3.63, 3.8) is 0 Å². The summed E-state index contributed by atoms with van der Waals surface area (Å²) in [4.78, 5) is 6.94. The second-order valence-electron chi connectivity index (χ2n) is 7.74. The zero-order valence-corrected chi connectivity index (χ0v) is 19.5. The number of aromatic nitrogens is 2. The fourth-order valence-corrected chi connectivity index (χ4v) is 5.26. The van der Waals surface area contributed by atoms with Crippen molar-refractivity contribution in [1.29, 1.82) is 0 Å². The Morgan fingerprint density at radius 3 is 2.48 bits per heavy atom. The lowest BCUT2D eigenvalue weighted by Gasteiger charge is -2.31. The van der Waals surface area contributed by atoms with Gasteiger partial charge in [0.15, 0.2) is 5.11 Å². The predicted molar refractivity (Wildman–Crippen MR) is 125 cm³/mol. The largest absolute Gasteiger partial charge is 0.352 e. The van der Waals surface area contributed by atoms with E-state index in [1.165, 1.54) is 17.0 Å². The van der Waals surface area contributed by atoms with E-state index in [1.54, 1.807) is 0 Å². The van der Waals surface area contributed by atoms with Crippen molar-refractivity contribution in [3.05, 3.63) is 81.8 Å². The first-order valence-electron chi connectivity index (χ1n) is 9.83. The van der Waals surface area contributed by atoms with Crippen LogP contribution in [0, 0.1) is 13.8 Å².